The minimum Gasteiger partial charge on any atom is -0.379 e. The summed E-state index contributed by atoms with van der Waals surface area (Å²) >= 11 is 1.71. The fourth-order valence-electron chi connectivity index (χ4n) is 3.87. The third-order valence-electron chi connectivity index (χ3n) is 5.03. The lowest BCUT2D eigenvalue weighted by Crippen LogP contribution is -2.42. The first-order chi connectivity index (χ1) is 11.3. The minimum atomic E-state index is -0.140. The predicted molar refractivity (Wildman–Crippen MR) is 95.2 cm³/mol. The molecule has 1 aliphatic heterocycles. The van der Waals surface area contributed by atoms with Crippen LogP contribution in [0.4, 0.5) is 0 Å². The molecule has 1 unspecified atom stereocenters. The van der Waals surface area contributed by atoms with Crippen LogP contribution in [0.1, 0.15) is 31.2 Å². The number of aromatic nitrogens is 2. The molecule has 118 valence electrons. The van der Waals surface area contributed by atoms with Gasteiger partial charge in [0.05, 0.1) is 5.54 Å². The summed E-state index contributed by atoms with van der Waals surface area (Å²) in [7, 11) is 0. The summed E-state index contributed by atoms with van der Waals surface area (Å²) < 4.78 is 0. The normalized spacial score (nSPS) is 27.1. The summed E-state index contributed by atoms with van der Waals surface area (Å²) in [5.41, 5.74) is 9.44. The average molecular weight is 324 g/mol. The summed E-state index contributed by atoms with van der Waals surface area (Å²) in [5, 5.41) is 0.733. The van der Waals surface area contributed by atoms with E-state index in [2.05, 4.69) is 34.2 Å². The molecule has 2 aliphatic rings. The summed E-state index contributed by atoms with van der Waals surface area (Å²) in [6.45, 7) is 0. The fraction of sp³-hybridized carbons (Fsp3) is 0.389. The summed E-state index contributed by atoms with van der Waals surface area (Å²) in [5.74, 6) is 1.66. The number of benzene rings is 1. The fourth-order valence-corrected chi connectivity index (χ4v) is 4.91. The molecule has 0 radical (unpaired) electrons. The molecule has 4 nitrogen and oxygen atoms in total. The number of nitrogens with zero attached hydrogens (tertiary/aromatic N) is 3. The van der Waals surface area contributed by atoms with Gasteiger partial charge in [-0.25, -0.2) is 9.97 Å². The van der Waals surface area contributed by atoms with Gasteiger partial charge >= 0.3 is 0 Å². The van der Waals surface area contributed by atoms with Gasteiger partial charge in [-0.05, 0) is 36.0 Å². The van der Waals surface area contributed by atoms with E-state index in [-0.39, 0.29) is 5.54 Å². The zero-order chi connectivity index (χ0) is 15.7. The maximum Gasteiger partial charge on any atom is 0.154 e. The Balaban J connectivity index is 1.81. The van der Waals surface area contributed by atoms with E-state index in [0.29, 0.717) is 5.92 Å². The lowest BCUT2D eigenvalue weighted by atomic mass is 9.69. The summed E-state index contributed by atoms with van der Waals surface area (Å²) in [6.07, 6.45) is 10.1. The van der Waals surface area contributed by atoms with E-state index in [9.17, 15) is 0 Å². The molecule has 0 amide bonds. The molecule has 2 atom stereocenters. The van der Waals surface area contributed by atoms with Gasteiger partial charge in [0.15, 0.2) is 5.17 Å². The molecule has 0 saturated heterocycles. The molecule has 2 N–H and O–H groups in total. The largest absolute Gasteiger partial charge is 0.379 e. The average Bonchev–Trinajstić information content (AvgIpc) is 2.62. The Morgan fingerprint density at radius 3 is 2.87 bits per heavy atom. The molecule has 1 aromatic heterocycles. The molecule has 4 rings (SSSR count). The second-order valence-electron chi connectivity index (χ2n) is 6.34. The first-order valence-electron chi connectivity index (χ1n) is 8.12. The molecule has 0 spiro atoms. The number of amidine groups is 1. The first kappa shape index (κ1) is 14.7. The molecule has 2 aromatic rings. The Kier molecular flexibility index (Phi) is 3.81. The number of rotatable bonds is 2. The van der Waals surface area contributed by atoms with E-state index < -0.39 is 0 Å². The number of hydrogen-bond acceptors (Lipinski definition) is 5. The molecule has 2 heterocycles. The van der Waals surface area contributed by atoms with Crippen molar-refractivity contribution in [2.24, 2.45) is 16.6 Å². The second-order valence-corrected chi connectivity index (χ2v) is 7.38. The Morgan fingerprint density at radius 1 is 1.13 bits per heavy atom. The van der Waals surface area contributed by atoms with Gasteiger partial charge < -0.3 is 5.73 Å². The van der Waals surface area contributed by atoms with Crippen molar-refractivity contribution in [1.29, 1.82) is 0 Å². The standard InChI is InChI=1S/C18H20N4S/c19-17-22-18(7-2-1-5-16(18)11-23-17)15-6-3-4-13(8-15)14-9-20-12-21-10-14/h3-4,6,8-10,12,16H,1-2,5,7,11H2,(H2,19,22)/t16?,18-/m1/s1. The third kappa shape index (κ3) is 2.63. The molecule has 1 aliphatic carbocycles. The van der Waals surface area contributed by atoms with Gasteiger partial charge in [-0.3, -0.25) is 4.99 Å². The van der Waals surface area contributed by atoms with Crippen LogP contribution in [0.15, 0.2) is 48.0 Å². The van der Waals surface area contributed by atoms with Crippen LogP contribution in [0, 0.1) is 5.92 Å². The number of hydrogen-bond donors (Lipinski definition) is 1. The van der Waals surface area contributed by atoms with Crippen LogP contribution in [-0.4, -0.2) is 20.9 Å². The van der Waals surface area contributed by atoms with Gasteiger partial charge in [-0.1, -0.05) is 42.8 Å². The van der Waals surface area contributed by atoms with Crippen molar-refractivity contribution < 1.29 is 0 Å². The summed E-state index contributed by atoms with van der Waals surface area (Å²) in [6, 6.07) is 8.69. The SMILES string of the molecule is NC1=N[C@@]2(c3cccc(-c4cncnc4)c3)CCCCC2CS1. The van der Waals surface area contributed by atoms with Gasteiger partial charge in [-0.15, -0.1) is 0 Å². The monoisotopic (exact) mass is 324 g/mol. The van der Waals surface area contributed by atoms with E-state index in [1.807, 2.05) is 12.4 Å². The Hall–Kier alpha value is -1.88. The van der Waals surface area contributed by atoms with Crippen molar-refractivity contribution >= 4 is 16.9 Å². The van der Waals surface area contributed by atoms with Crippen LogP contribution in [0.3, 0.4) is 0 Å². The topological polar surface area (TPSA) is 64.2 Å². The lowest BCUT2D eigenvalue weighted by Gasteiger charge is -2.44. The second kappa shape index (κ2) is 5.96. The molecule has 1 fully saturated rings. The van der Waals surface area contributed by atoms with Crippen molar-refractivity contribution in [2.45, 2.75) is 31.2 Å². The maximum atomic E-state index is 6.11. The Labute approximate surface area is 140 Å². The molecule has 1 saturated carbocycles. The van der Waals surface area contributed by atoms with Gasteiger partial charge in [0.2, 0.25) is 0 Å². The minimum absolute atomic E-state index is 0.140. The van der Waals surface area contributed by atoms with Crippen LogP contribution >= 0.6 is 11.8 Å². The molecule has 1 aromatic carbocycles. The highest BCUT2D eigenvalue weighted by Gasteiger charge is 2.44. The number of nitrogens with two attached hydrogens (primary N) is 1. The van der Waals surface area contributed by atoms with Crippen molar-refractivity contribution in [1.82, 2.24) is 9.97 Å². The quantitative estimate of drug-likeness (QED) is 0.917. The van der Waals surface area contributed by atoms with E-state index in [0.717, 1.165) is 28.5 Å². The first-order valence-corrected chi connectivity index (χ1v) is 9.10. The molecular formula is C18H20N4S. The Bertz CT molecular complexity index is 731. The highest BCUT2D eigenvalue weighted by atomic mass is 32.2. The lowest BCUT2D eigenvalue weighted by molar-refractivity contribution is 0.212. The third-order valence-corrected chi connectivity index (χ3v) is 5.99. The van der Waals surface area contributed by atoms with Gasteiger partial charge in [0.1, 0.15) is 6.33 Å². The predicted octanol–water partition coefficient (Wildman–Crippen LogP) is 3.59. The number of aliphatic imine (C=N–C) groups is 1. The summed E-state index contributed by atoms with van der Waals surface area (Å²) in [4.78, 5) is 13.2. The zero-order valence-corrected chi connectivity index (χ0v) is 13.8. The van der Waals surface area contributed by atoms with E-state index in [1.54, 1.807) is 18.1 Å². The van der Waals surface area contributed by atoms with Gasteiger partial charge in [-0.2, -0.15) is 0 Å². The smallest absolute Gasteiger partial charge is 0.154 e. The highest BCUT2D eigenvalue weighted by Crippen LogP contribution is 2.49. The van der Waals surface area contributed by atoms with Crippen LogP contribution in [0.5, 0.6) is 0 Å². The number of fused-ring (bicyclic) bond motifs is 1. The van der Waals surface area contributed by atoms with E-state index in [1.165, 1.54) is 24.8 Å². The molecule has 23 heavy (non-hydrogen) atoms. The molecule has 0 bridgehead atoms. The number of thioether (sulfide) groups is 1. The van der Waals surface area contributed by atoms with E-state index in [4.69, 9.17) is 10.7 Å². The van der Waals surface area contributed by atoms with Crippen LogP contribution in [-0.2, 0) is 5.54 Å². The van der Waals surface area contributed by atoms with Gasteiger partial charge in [0.25, 0.3) is 0 Å². The van der Waals surface area contributed by atoms with Crippen molar-refractivity contribution in [3.05, 3.63) is 48.5 Å². The molecular weight excluding hydrogens is 304 g/mol. The van der Waals surface area contributed by atoms with Crippen LogP contribution in [0.25, 0.3) is 11.1 Å². The van der Waals surface area contributed by atoms with Crippen molar-refractivity contribution in [3.8, 4) is 11.1 Å². The maximum absolute atomic E-state index is 6.11. The Morgan fingerprint density at radius 2 is 2.00 bits per heavy atom. The van der Waals surface area contributed by atoms with Gasteiger partial charge in [0, 0.05) is 23.7 Å². The zero-order valence-electron chi connectivity index (χ0n) is 13.0. The van der Waals surface area contributed by atoms with Crippen LogP contribution in [0.2, 0.25) is 0 Å². The van der Waals surface area contributed by atoms with Crippen LogP contribution < -0.4 is 5.73 Å². The van der Waals surface area contributed by atoms with E-state index >= 15 is 0 Å². The molecule has 5 heteroatoms. The van der Waals surface area contributed by atoms with Crippen molar-refractivity contribution in [2.75, 3.05) is 5.75 Å². The van der Waals surface area contributed by atoms with Crippen molar-refractivity contribution in [3.63, 3.8) is 0 Å². The highest BCUT2D eigenvalue weighted by molar-refractivity contribution is 8.13.